The van der Waals surface area contributed by atoms with E-state index < -0.39 is 0 Å². The van der Waals surface area contributed by atoms with E-state index >= 15 is 0 Å². The molecule has 0 amide bonds. The Morgan fingerprint density at radius 3 is 2.76 bits per heavy atom. The minimum atomic E-state index is 0.676. The third-order valence-electron chi connectivity index (χ3n) is 4.67. The number of aromatic nitrogens is 4. The Bertz CT molecular complexity index is 862. The van der Waals surface area contributed by atoms with Crippen molar-refractivity contribution in [3.05, 3.63) is 60.1 Å². The summed E-state index contributed by atoms with van der Waals surface area (Å²) in [5.41, 5.74) is 2.25. The number of benzene rings is 1. The quantitative estimate of drug-likeness (QED) is 0.768. The van der Waals surface area contributed by atoms with E-state index in [0.717, 1.165) is 44.2 Å². The van der Waals surface area contributed by atoms with Crippen LogP contribution in [0.1, 0.15) is 11.3 Å². The smallest absolute Gasteiger partial charge is 0.254 e. The van der Waals surface area contributed by atoms with Gasteiger partial charge in [-0.05, 0) is 18.6 Å². The number of hydrogen-bond acceptors (Lipinski definition) is 4. The Hall–Kier alpha value is -2.73. The fraction of sp³-hybridized carbons (Fsp3) is 0.316. The van der Waals surface area contributed by atoms with Crippen molar-refractivity contribution in [3.63, 3.8) is 0 Å². The Kier molecular flexibility index (Phi) is 4.43. The van der Waals surface area contributed by atoms with Gasteiger partial charge in [0, 0.05) is 11.8 Å². The maximum Gasteiger partial charge on any atom is 0.254 e. The number of aryl methyl sites for hydroxylation is 1. The van der Waals surface area contributed by atoms with Gasteiger partial charge in [0.2, 0.25) is 0 Å². The maximum absolute atomic E-state index is 4.42. The Morgan fingerprint density at radius 1 is 1.16 bits per heavy atom. The van der Waals surface area contributed by atoms with Crippen LogP contribution in [0.15, 0.2) is 48.8 Å². The van der Waals surface area contributed by atoms with Gasteiger partial charge in [-0.25, -0.2) is 4.98 Å². The molecular formula is C19H23N6+. The largest absolute Gasteiger partial charge is 0.345 e. The van der Waals surface area contributed by atoms with E-state index in [2.05, 4.69) is 68.5 Å². The lowest BCUT2D eigenvalue weighted by Crippen LogP contribution is -3.14. The molecule has 0 saturated carbocycles. The van der Waals surface area contributed by atoms with Gasteiger partial charge in [0.15, 0.2) is 0 Å². The summed E-state index contributed by atoms with van der Waals surface area (Å²) in [7, 11) is 0. The van der Waals surface area contributed by atoms with Crippen LogP contribution in [0.3, 0.4) is 0 Å². The molecule has 25 heavy (non-hydrogen) atoms. The second-order valence-corrected chi connectivity index (χ2v) is 6.48. The number of anilines is 1. The summed E-state index contributed by atoms with van der Waals surface area (Å²) >= 11 is 0. The van der Waals surface area contributed by atoms with Gasteiger partial charge in [-0.15, -0.1) is 0 Å². The van der Waals surface area contributed by atoms with E-state index in [0.29, 0.717) is 5.78 Å². The van der Waals surface area contributed by atoms with Crippen molar-refractivity contribution in [1.82, 2.24) is 19.6 Å². The molecule has 128 valence electrons. The van der Waals surface area contributed by atoms with Crippen molar-refractivity contribution in [2.75, 3.05) is 37.6 Å². The van der Waals surface area contributed by atoms with Crippen LogP contribution >= 0.6 is 0 Å². The van der Waals surface area contributed by atoms with Crippen LogP contribution in [0.4, 0.5) is 5.82 Å². The third-order valence-corrected chi connectivity index (χ3v) is 4.67. The second kappa shape index (κ2) is 7.03. The first-order chi connectivity index (χ1) is 12.3. The average Bonchev–Trinajstić information content (AvgIpc) is 3.11. The highest BCUT2D eigenvalue weighted by Crippen LogP contribution is 2.15. The molecule has 6 nitrogen and oxygen atoms in total. The molecule has 0 radical (unpaired) electrons. The highest BCUT2D eigenvalue weighted by molar-refractivity contribution is 5.49. The van der Waals surface area contributed by atoms with Crippen LogP contribution in [-0.4, -0.2) is 52.3 Å². The molecule has 1 aliphatic rings. The maximum atomic E-state index is 4.42. The molecule has 2 aromatic heterocycles. The van der Waals surface area contributed by atoms with Crippen molar-refractivity contribution in [3.8, 4) is 0 Å². The summed E-state index contributed by atoms with van der Waals surface area (Å²) < 4.78 is 1.84. The molecule has 1 saturated heterocycles. The van der Waals surface area contributed by atoms with Crippen LogP contribution in [0.2, 0.25) is 0 Å². The molecule has 0 aliphatic carbocycles. The van der Waals surface area contributed by atoms with Gasteiger partial charge >= 0.3 is 0 Å². The molecule has 1 aliphatic heterocycles. The topological polar surface area (TPSA) is 50.8 Å². The fourth-order valence-corrected chi connectivity index (χ4v) is 3.32. The highest BCUT2D eigenvalue weighted by Gasteiger charge is 2.21. The van der Waals surface area contributed by atoms with Crippen LogP contribution in [0.5, 0.6) is 0 Å². The molecule has 3 heterocycles. The molecule has 4 rings (SSSR count). The van der Waals surface area contributed by atoms with Crippen molar-refractivity contribution in [2.45, 2.75) is 6.92 Å². The lowest BCUT2D eigenvalue weighted by molar-refractivity contribution is -0.894. The van der Waals surface area contributed by atoms with E-state index in [4.69, 9.17) is 0 Å². The standard InChI is InChI=1S/C19H22N6/c1-16-14-18(25-19(22-16)20-15-21-25)24-12-10-23(11-13-24)9-5-8-17-6-3-2-4-7-17/h2-8,14-15H,9-13H2,1H3/p+1/b8-5+. The fourth-order valence-electron chi connectivity index (χ4n) is 3.32. The Morgan fingerprint density at radius 2 is 1.96 bits per heavy atom. The number of rotatable bonds is 4. The number of piperazine rings is 1. The summed E-state index contributed by atoms with van der Waals surface area (Å²) in [6.45, 7) is 7.36. The van der Waals surface area contributed by atoms with Crippen molar-refractivity contribution < 1.29 is 4.90 Å². The first kappa shape index (κ1) is 15.8. The minimum Gasteiger partial charge on any atom is -0.345 e. The normalized spacial score (nSPS) is 16.1. The Balaban J connectivity index is 1.38. The van der Waals surface area contributed by atoms with E-state index in [1.54, 1.807) is 11.2 Å². The third kappa shape index (κ3) is 3.53. The van der Waals surface area contributed by atoms with E-state index in [9.17, 15) is 0 Å². The summed E-state index contributed by atoms with van der Waals surface area (Å²) in [5, 5.41) is 4.32. The first-order valence-electron chi connectivity index (χ1n) is 8.77. The van der Waals surface area contributed by atoms with Crippen molar-refractivity contribution >= 4 is 17.7 Å². The van der Waals surface area contributed by atoms with E-state index in [1.165, 1.54) is 5.56 Å². The van der Waals surface area contributed by atoms with Crippen LogP contribution in [0, 0.1) is 6.92 Å². The van der Waals surface area contributed by atoms with Crippen LogP contribution < -0.4 is 9.80 Å². The summed E-state index contributed by atoms with van der Waals surface area (Å²) in [4.78, 5) is 12.6. The first-order valence-corrected chi connectivity index (χ1v) is 8.77. The minimum absolute atomic E-state index is 0.676. The molecule has 0 spiro atoms. The molecule has 0 unspecified atom stereocenters. The van der Waals surface area contributed by atoms with Crippen molar-refractivity contribution in [1.29, 1.82) is 0 Å². The lowest BCUT2D eigenvalue weighted by Gasteiger charge is -2.33. The van der Waals surface area contributed by atoms with Gasteiger partial charge < -0.3 is 9.80 Å². The number of quaternary nitrogens is 1. The van der Waals surface area contributed by atoms with Crippen LogP contribution in [0.25, 0.3) is 11.9 Å². The summed E-state index contributed by atoms with van der Waals surface area (Å²) in [6, 6.07) is 12.6. The predicted molar refractivity (Wildman–Crippen MR) is 98.8 cm³/mol. The van der Waals surface area contributed by atoms with Gasteiger partial charge in [-0.2, -0.15) is 14.6 Å². The number of hydrogen-bond donors (Lipinski definition) is 1. The molecule has 1 fully saturated rings. The second-order valence-electron chi connectivity index (χ2n) is 6.48. The van der Waals surface area contributed by atoms with E-state index in [-0.39, 0.29) is 0 Å². The molecule has 0 bridgehead atoms. The summed E-state index contributed by atoms with van der Waals surface area (Å²) in [5.74, 6) is 1.77. The van der Waals surface area contributed by atoms with E-state index in [1.807, 2.05) is 11.4 Å². The van der Waals surface area contributed by atoms with Gasteiger partial charge in [0.1, 0.15) is 12.1 Å². The Labute approximate surface area is 147 Å². The zero-order chi connectivity index (χ0) is 17.1. The van der Waals surface area contributed by atoms with Gasteiger partial charge in [-0.3, -0.25) is 0 Å². The highest BCUT2D eigenvalue weighted by atomic mass is 15.4. The SMILES string of the molecule is Cc1cc(N2CC[NH+](C/C=C/c3ccccc3)CC2)n2ncnc2n1. The van der Waals surface area contributed by atoms with Gasteiger partial charge in [0.25, 0.3) is 5.78 Å². The lowest BCUT2D eigenvalue weighted by atomic mass is 10.2. The molecule has 0 atom stereocenters. The number of nitrogens with one attached hydrogen (secondary N) is 1. The van der Waals surface area contributed by atoms with Crippen LogP contribution in [-0.2, 0) is 0 Å². The monoisotopic (exact) mass is 335 g/mol. The van der Waals surface area contributed by atoms with Gasteiger partial charge in [-0.1, -0.05) is 36.4 Å². The number of nitrogens with zero attached hydrogens (tertiary/aromatic N) is 5. The number of fused-ring (bicyclic) bond motifs is 1. The molecule has 1 aromatic carbocycles. The zero-order valence-electron chi connectivity index (χ0n) is 14.5. The summed E-state index contributed by atoms with van der Waals surface area (Å²) in [6.07, 6.45) is 6.07. The molecule has 6 heteroatoms. The molecular weight excluding hydrogens is 312 g/mol. The molecule has 1 N–H and O–H groups in total. The average molecular weight is 335 g/mol. The van der Waals surface area contributed by atoms with Gasteiger partial charge in [0.05, 0.1) is 32.7 Å². The van der Waals surface area contributed by atoms with Crippen molar-refractivity contribution in [2.24, 2.45) is 0 Å². The zero-order valence-corrected chi connectivity index (χ0v) is 14.5. The predicted octanol–water partition coefficient (Wildman–Crippen LogP) is 0.851. The molecule has 3 aromatic rings.